The van der Waals surface area contributed by atoms with E-state index >= 15 is 0 Å². The lowest BCUT2D eigenvalue weighted by molar-refractivity contribution is -0.118. The molecule has 2 N–H and O–H groups in total. The van der Waals surface area contributed by atoms with Crippen LogP contribution in [0.3, 0.4) is 0 Å². The number of thioether (sulfide) groups is 1. The van der Waals surface area contributed by atoms with Crippen LogP contribution in [-0.2, 0) is 16.1 Å². The number of carbonyl (C=O) groups is 2. The Labute approximate surface area is 151 Å². The molecular weight excluding hydrogens is 339 g/mol. The minimum absolute atomic E-state index is 0.140. The van der Waals surface area contributed by atoms with Gasteiger partial charge in [0.1, 0.15) is 5.82 Å². The highest BCUT2D eigenvalue weighted by Gasteiger charge is 2.08. The summed E-state index contributed by atoms with van der Waals surface area (Å²) in [5, 5.41) is 5.48. The van der Waals surface area contributed by atoms with Gasteiger partial charge in [-0.25, -0.2) is 4.39 Å². The van der Waals surface area contributed by atoms with Crippen LogP contribution in [0.25, 0.3) is 0 Å². The number of hydrogen-bond donors (Lipinski definition) is 2. The zero-order chi connectivity index (χ0) is 18.2. The predicted octanol–water partition coefficient (Wildman–Crippen LogP) is 3.43. The molecule has 6 heteroatoms. The van der Waals surface area contributed by atoms with Gasteiger partial charge in [0.2, 0.25) is 11.8 Å². The van der Waals surface area contributed by atoms with Crippen LogP contribution < -0.4 is 10.6 Å². The van der Waals surface area contributed by atoms with Crippen molar-refractivity contribution in [3.8, 4) is 0 Å². The van der Waals surface area contributed by atoms with Gasteiger partial charge >= 0.3 is 0 Å². The minimum atomic E-state index is -0.344. The molecule has 0 saturated heterocycles. The number of anilines is 1. The molecule has 0 bridgehead atoms. The lowest BCUT2D eigenvalue weighted by atomic mass is 10.1. The Balaban J connectivity index is 1.70. The van der Waals surface area contributed by atoms with Crippen molar-refractivity contribution in [2.75, 3.05) is 16.8 Å². The SMILES string of the molecule is Cc1ccc(NC(=O)CSCC(=O)NCc2ccccc2F)c(C)c1. The number of hydrogen-bond acceptors (Lipinski definition) is 3. The summed E-state index contributed by atoms with van der Waals surface area (Å²) in [7, 11) is 0. The van der Waals surface area contributed by atoms with Crippen molar-refractivity contribution < 1.29 is 14.0 Å². The number of amides is 2. The van der Waals surface area contributed by atoms with E-state index < -0.39 is 0 Å². The number of nitrogens with one attached hydrogen (secondary N) is 2. The zero-order valence-electron chi connectivity index (χ0n) is 14.3. The number of carbonyl (C=O) groups excluding carboxylic acids is 2. The highest BCUT2D eigenvalue weighted by atomic mass is 32.2. The van der Waals surface area contributed by atoms with Crippen LogP contribution >= 0.6 is 11.8 Å². The summed E-state index contributed by atoms with van der Waals surface area (Å²) in [6.45, 7) is 4.07. The van der Waals surface area contributed by atoms with Gasteiger partial charge in [-0.05, 0) is 31.5 Å². The maximum Gasteiger partial charge on any atom is 0.234 e. The van der Waals surface area contributed by atoms with E-state index in [4.69, 9.17) is 0 Å². The standard InChI is InChI=1S/C19H21FN2O2S/c1-13-7-8-17(14(2)9-13)22-19(24)12-25-11-18(23)21-10-15-5-3-4-6-16(15)20/h3-9H,10-12H2,1-2H3,(H,21,23)(H,22,24). The predicted molar refractivity (Wildman–Crippen MR) is 100 cm³/mol. The second-order valence-corrected chi connectivity index (χ2v) is 6.71. The monoisotopic (exact) mass is 360 g/mol. The first-order valence-electron chi connectivity index (χ1n) is 7.90. The fourth-order valence-electron chi connectivity index (χ4n) is 2.26. The highest BCUT2D eigenvalue weighted by Crippen LogP contribution is 2.16. The van der Waals surface area contributed by atoms with Crippen molar-refractivity contribution in [2.45, 2.75) is 20.4 Å². The van der Waals surface area contributed by atoms with Gasteiger partial charge in [-0.2, -0.15) is 0 Å². The van der Waals surface area contributed by atoms with Gasteiger partial charge < -0.3 is 10.6 Å². The van der Waals surface area contributed by atoms with E-state index in [1.807, 2.05) is 32.0 Å². The van der Waals surface area contributed by atoms with E-state index in [1.54, 1.807) is 18.2 Å². The molecule has 0 aliphatic carbocycles. The van der Waals surface area contributed by atoms with Crippen LogP contribution in [0.2, 0.25) is 0 Å². The van der Waals surface area contributed by atoms with Crippen molar-refractivity contribution in [3.05, 3.63) is 65.0 Å². The summed E-state index contributed by atoms with van der Waals surface area (Å²) < 4.78 is 13.5. The first-order chi connectivity index (χ1) is 12.0. The van der Waals surface area contributed by atoms with Crippen LogP contribution in [0.5, 0.6) is 0 Å². The van der Waals surface area contributed by atoms with Crippen LogP contribution in [-0.4, -0.2) is 23.3 Å². The molecule has 2 aromatic rings. The first-order valence-corrected chi connectivity index (χ1v) is 9.06. The van der Waals surface area contributed by atoms with Gasteiger partial charge in [-0.1, -0.05) is 35.9 Å². The normalized spacial score (nSPS) is 10.4. The molecule has 2 rings (SSSR count). The third kappa shape index (κ3) is 6.23. The molecule has 0 aliphatic heterocycles. The lowest BCUT2D eigenvalue weighted by Crippen LogP contribution is -2.26. The fraction of sp³-hybridized carbons (Fsp3) is 0.263. The molecule has 0 saturated carbocycles. The van der Waals surface area contributed by atoms with Gasteiger partial charge in [0.05, 0.1) is 11.5 Å². The smallest absolute Gasteiger partial charge is 0.234 e. The Hall–Kier alpha value is -2.34. The van der Waals surface area contributed by atoms with Crippen LogP contribution in [0.15, 0.2) is 42.5 Å². The van der Waals surface area contributed by atoms with Crippen LogP contribution in [0, 0.1) is 19.7 Å². The van der Waals surface area contributed by atoms with Gasteiger partial charge in [-0.15, -0.1) is 11.8 Å². The van der Waals surface area contributed by atoms with Gasteiger partial charge in [0.25, 0.3) is 0 Å². The lowest BCUT2D eigenvalue weighted by Gasteiger charge is -2.09. The summed E-state index contributed by atoms with van der Waals surface area (Å²) in [5.41, 5.74) is 3.35. The molecule has 0 fully saturated rings. The second kappa shape index (κ2) is 9.22. The average molecular weight is 360 g/mol. The Kier molecular flexibility index (Phi) is 7.01. The maximum absolute atomic E-state index is 13.5. The summed E-state index contributed by atoms with van der Waals surface area (Å²) in [4.78, 5) is 23.7. The summed E-state index contributed by atoms with van der Waals surface area (Å²) in [6.07, 6.45) is 0. The molecule has 0 heterocycles. The molecule has 25 heavy (non-hydrogen) atoms. The topological polar surface area (TPSA) is 58.2 Å². The summed E-state index contributed by atoms with van der Waals surface area (Å²) >= 11 is 1.22. The number of aryl methyl sites for hydroxylation is 2. The van der Waals surface area contributed by atoms with E-state index in [9.17, 15) is 14.0 Å². The quantitative estimate of drug-likeness (QED) is 0.795. The van der Waals surface area contributed by atoms with Crippen LogP contribution in [0.4, 0.5) is 10.1 Å². The van der Waals surface area contributed by atoms with E-state index in [0.29, 0.717) is 5.56 Å². The molecule has 2 aromatic carbocycles. The largest absolute Gasteiger partial charge is 0.351 e. The Bertz CT molecular complexity index is 765. The molecule has 0 unspecified atom stereocenters. The molecule has 0 aromatic heterocycles. The zero-order valence-corrected chi connectivity index (χ0v) is 15.1. The molecule has 132 valence electrons. The Morgan fingerprint density at radius 1 is 1.04 bits per heavy atom. The van der Waals surface area contributed by atoms with E-state index in [2.05, 4.69) is 10.6 Å². The Morgan fingerprint density at radius 3 is 2.48 bits per heavy atom. The molecular formula is C19H21FN2O2S. The van der Waals surface area contributed by atoms with Crippen molar-refractivity contribution in [1.29, 1.82) is 0 Å². The molecule has 0 aliphatic rings. The average Bonchev–Trinajstić information content (AvgIpc) is 2.57. The molecule has 4 nitrogen and oxygen atoms in total. The number of rotatable bonds is 7. The third-order valence-corrected chi connectivity index (χ3v) is 4.49. The van der Waals surface area contributed by atoms with Crippen molar-refractivity contribution >= 4 is 29.3 Å². The van der Waals surface area contributed by atoms with E-state index in [0.717, 1.165) is 16.8 Å². The summed E-state index contributed by atoms with van der Waals surface area (Å²) in [5.74, 6) is -0.399. The minimum Gasteiger partial charge on any atom is -0.351 e. The van der Waals surface area contributed by atoms with Crippen LogP contribution in [0.1, 0.15) is 16.7 Å². The second-order valence-electron chi connectivity index (χ2n) is 5.73. The maximum atomic E-state index is 13.5. The highest BCUT2D eigenvalue weighted by molar-refractivity contribution is 8.00. The number of halogens is 1. The molecule has 0 radical (unpaired) electrons. The van der Waals surface area contributed by atoms with Crippen molar-refractivity contribution in [2.24, 2.45) is 0 Å². The van der Waals surface area contributed by atoms with E-state index in [-0.39, 0.29) is 35.7 Å². The third-order valence-electron chi connectivity index (χ3n) is 3.56. The molecule has 0 spiro atoms. The fourth-order valence-corrected chi connectivity index (χ4v) is 2.91. The van der Waals surface area contributed by atoms with E-state index in [1.165, 1.54) is 17.8 Å². The van der Waals surface area contributed by atoms with Crippen molar-refractivity contribution in [1.82, 2.24) is 5.32 Å². The Morgan fingerprint density at radius 2 is 1.76 bits per heavy atom. The first kappa shape index (κ1) is 19.0. The van der Waals surface area contributed by atoms with Gasteiger partial charge in [0, 0.05) is 17.8 Å². The van der Waals surface area contributed by atoms with Gasteiger partial charge in [0.15, 0.2) is 0 Å². The van der Waals surface area contributed by atoms with Crippen molar-refractivity contribution in [3.63, 3.8) is 0 Å². The van der Waals surface area contributed by atoms with Gasteiger partial charge in [-0.3, -0.25) is 9.59 Å². The molecule has 0 atom stereocenters. The summed E-state index contributed by atoms with van der Waals surface area (Å²) in [6, 6.07) is 12.1. The molecule has 2 amide bonds. The number of benzene rings is 2.